The fourth-order valence-electron chi connectivity index (χ4n) is 1.67. The molecule has 0 amide bonds. The number of hydrogen-bond acceptors (Lipinski definition) is 1. The molecule has 1 aromatic carbocycles. The van der Waals surface area contributed by atoms with Crippen molar-refractivity contribution < 1.29 is 9.50 Å². The number of rotatable bonds is 3. The van der Waals surface area contributed by atoms with Crippen LogP contribution >= 0.6 is 0 Å². The molecule has 0 unspecified atom stereocenters. The molecule has 2 heteroatoms. The summed E-state index contributed by atoms with van der Waals surface area (Å²) in [7, 11) is 0. The monoisotopic (exact) mass is 193 g/mol. The molecule has 0 aromatic heterocycles. The predicted octanol–water partition coefficient (Wildman–Crippen LogP) is 2.64. The van der Waals surface area contributed by atoms with Gasteiger partial charge in [0.1, 0.15) is 5.82 Å². The van der Waals surface area contributed by atoms with Gasteiger partial charge in [-0.25, -0.2) is 4.39 Å². The van der Waals surface area contributed by atoms with Crippen molar-refractivity contribution in [1.29, 1.82) is 0 Å². The largest absolute Gasteiger partial charge is 0.395 e. The number of hydrogen-bond donors (Lipinski definition) is 1. The maximum Gasteiger partial charge on any atom is 0.130 e. The fraction of sp³-hybridized carbons (Fsp3) is 0.417. The van der Waals surface area contributed by atoms with Gasteiger partial charge in [0.25, 0.3) is 0 Å². The van der Waals surface area contributed by atoms with Gasteiger partial charge < -0.3 is 5.11 Å². The van der Waals surface area contributed by atoms with Crippen LogP contribution in [0.15, 0.2) is 18.2 Å². The minimum atomic E-state index is -0.137. The SMILES string of the molecule is C[C](CO)c1cccc(C2CC2)c1F. The van der Waals surface area contributed by atoms with E-state index in [4.69, 9.17) is 5.11 Å². The van der Waals surface area contributed by atoms with E-state index in [-0.39, 0.29) is 12.4 Å². The summed E-state index contributed by atoms with van der Waals surface area (Å²) in [5, 5.41) is 8.95. The van der Waals surface area contributed by atoms with Crippen LogP contribution in [0.25, 0.3) is 0 Å². The van der Waals surface area contributed by atoms with Crippen molar-refractivity contribution in [2.75, 3.05) is 6.61 Å². The smallest absolute Gasteiger partial charge is 0.130 e. The summed E-state index contributed by atoms with van der Waals surface area (Å²) >= 11 is 0. The van der Waals surface area contributed by atoms with E-state index in [1.54, 1.807) is 13.0 Å². The van der Waals surface area contributed by atoms with Gasteiger partial charge >= 0.3 is 0 Å². The van der Waals surface area contributed by atoms with E-state index in [1.807, 2.05) is 12.1 Å². The molecule has 1 aromatic rings. The zero-order valence-corrected chi connectivity index (χ0v) is 8.26. The topological polar surface area (TPSA) is 20.2 Å². The minimum absolute atomic E-state index is 0.0783. The van der Waals surface area contributed by atoms with Crippen molar-refractivity contribution in [3.05, 3.63) is 41.1 Å². The molecule has 0 aliphatic heterocycles. The van der Waals surface area contributed by atoms with Gasteiger partial charge in [0.15, 0.2) is 0 Å². The van der Waals surface area contributed by atoms with Crippen LogP contribution in [0.4, 0.5) is 4.39 Å². The van der Waals surface area contributed by atoms with Gasteiger partial charge in [0.2, 0.25) is 0 Å². The van der Waals surface area contributed by atoms with Gasteiger partial charge in [-0.2, -0.15) is 0 Å². The van der Waals surface area contributed by atoms with E-state index in [1.165, 1.54) is 0 Å². The standard InChI is InChI=1S/C12H14FO/c1-8(7-14)10-3-2-4-11(12(10)13)9-5-6-9/h2-4,9,14H,5-7H2,1H3. The lowest BCUT2D eigenvalue weighted by atomic mass is 9.97. The maximum atomic E-state index is 13.9. The lowest BCUT2D eigenvalue weighted by molar-refractivity contribution is 0.313. The molecule has 0 bridgehead atoms. The number of halogens is 1. The van der Waals surface area contributed by atoms with Gasteiger partial charge in [-0.15, -0.1) is 0 Å². The van der Waals surface area contributed by atoms with Crippen molar-refractivity contribution in [3.8, 4) is 0 Å². The van der Waals surface area contributed by atoms with Gasteiger partial charge in [-0.3, -0.25) is 0 Å². The Morgan fingerprint density at radius 1 is 1.50 bits per heavy atom. The van der Waals surface area contributed by atoms with Crippen molar-refractivity contribution in [2.45, 2.75) is 25.7 Å². The second-order valence-corrected chi connectivity index (χ2v) is 3.92. The molecule has 1 aliphatic carbocycles. The second kappa shape index (κ2) is 3.70. The molecule has 75 valence electrons. The highest BCUT2D eigenvalue weighted by Gasteiger charge is 2.28. The third kappa shape index (κ3) is 1.67. The Labute approximate surface area is 83.6 Å². The highest BCUT2D eigenvalue weighted by Crippen LogP contribution is 2.42. The lowest BCUT2D eigenvalue weighted by Crippen LogP contribution is -2.04. The molecule has 1 saturated carbocycles. The third-order valence-corrected chi connectivity index (χ3v) is 2.74. The molecule has 1 N–H and O–H groups in total. The van der Waals surface area contributed by atoms with Crippen LogP contribution in [-0.2, 0) is 0 Å². The maximum absolute atomic E-state index is 13.9. The summed E-state index contributed by atoms with van der Waals surface area (Å²) in [6, 6.07) is 5.44. The molecule has 14 heavy (non-hydrogen) atoms. The number of aliphatic hydroxyl groups excluding tert-OH is 1. The van der Waals surface area contributed by atoms with E-state index in [0.29, 0.717) is 17.4 Å². The molecule has 0 atom stereocenters. The van der Waals surface area contributed by atoms with Gasteiger partial charge in [0.05, 0.1) is 6.61 Å². The van der Waals surface area contributed by atoms with E-state index >= 15 is 0 Å². The zero-order chi connectivity index (χ0) is 10.1. The molecule has 0 heterocycles. The first-order valence-electron chi connectivity index (χ1n) is 4.96. The van der Waals surface area contributed by atoms with E-state index in [9.17, 15) is 4.39 Å². The van der Waals surface area contributed by atoms with Crippen LogP contribution in [0.5, 0.6) is 0 Å². The number of benzene rings is 1. The summed E-state index contributed by atoms with van der Waals surface area (Å²) in [6.45, 7) is 1.68. The van der Waals surface area contributed by atoms with Crippen molar-refractivity contribution in [1.82, 2.24) is 0 Å². The van der Waals surface area contributed by atoms with Crippen molar-refractivity contribution in [2.24, 2.45) is 0 Å². The molecule has 1 nitrogen and oxygen atoms in total. The molecule has 0 saturated heterocycles. The highest BCUT2D eigenvalue weighted by molar-refractivity contribution is 5.38. The van der Waals surface area contributed by atoms with Crippen LogP contribution < -0.4 is 0 Å². The Bertz CT molecular complexity index is 331. The van der Waals surface area contributed by atoms with Crippen LogP contribution in [0, 0.1) is 11.7 Å². The summed E-state index contributed by atoms with van der Waals surface area (Å²) in [5.74, 6) is 0.980. The Balaban J connectivity index is 2.35. The molecule has 0 spiro atoms. The van der Waals surface area contributed by atoms with E-state index in [0.717, 1.165) is 18.4 Å². The first-order valence-corrected chi connectivity index (χ1v) is 4.96. The fourth-order valence-corrected chi connectivity index (χ4v) is 1.67. The quantitative estimate of drug-likeness (QED) is 0.782. The predicted molar refractivity (Wildman–Crippen MR) is 53.5 cm³/mol. The van der Waals surface area contributed by atoms with Crippen LogP contribution in [0.2, 0.25) is 0 Å². The van der Waals surface area contributed by atoms with Crippen molar-refractivity contribution >= 4 is 0 Å². The Morgan fingerprint density at radius 3 is 2.79 bits per heavy atom. The second-order valence-electron chi connectivity index (χ2n) is 3.92. The zero-order valence-electron chi connectivity index (χ0n) is 8.26. The van der Waals surface area contributed by atoms with Crippen molar-refractivity contribution in [3.63, 3.8) is 0 Å². The first-order chi connectivity index (χ1) is 6.74. The number of aliphatic hydroxyl groups is 1. The Kier molecular flexibility index (Phi) is 2.55. The average molecular weight is 193 g/mol. The van der Waals surface area contributed by atoms with Gasteiger partial charge in [-0.1, -0.05) is 25.1 Å². The molecule has 1 aliphatic rings. The van der Waals surface area contributed by atoms with Gasteiger partial charge in [0, 0.05) is 5.92 Å². The average Bonchev–Trinajstić information content (AvgIpc) is 3.01. The van der Waals surface area contributed by atoms with E-state index in [2.05, 4.69) is 0 Å². The highest BCUT2D eigenvalue weighted by atomic mass is 19.1. The summed E-state index contributed by atoms with van der Waals surface area (Å²) in [6.07, 6.45) is 2.19. The van der Waals surface area contributed by atoms with Crippen LogP contribution in [0.3, 0.4) is 0 Å². The normalized spacial score (nSPS) is 16.3. The molecular weight excluding hydrogens is 179 g/mol. The Morgan fingerprint density at radius 2 is 2.21 bits per heavy atom. The lowest BCUT2D eigenvalue weighted by Gasteiger charge is -2.11. The van der Waals surface area contributed by atoms with Crippen LogP contribution in [-0.4, -0.2) is 11.7 Å². The molecule has 1 radical (unpaired) electrons. The Hall–Kier alpha value is -0.890. The molecular formula is C12H14FO. The first kappa shape index (κ1) is 9.66. The third-order valence-electron chi connectivity index (χ3n) is 2.74. The molecule has 2 rings (SSSR count). The van der Waals surface area contributed by atoms with Gasteiger partial charge in [-0.05, 0) is 29.9 Å². The molecule has 1 fully saturated rings. The summed E-state index contributed by atoms with van der Waals surface area (Å²) < 4.78 is 13.9. The minimum Gasteiger partial charge on any atom is -0.395 e. The van der Waals surface area contributed by atoms with E-state index < -0.39 is 0 Å². The summed E-state index contributed by atoms with van der Waals surface area (Å²) in [4.78, 5) is 0. The van der Waals surface area contributed by atoms with Crippen LogP contribution in [0.1, 0.15) is 36.8 Å². The summed E-state index contributed by atoms with van der Waals surface area (Å²) in [5.41, 5.74) is 1.38.